The van der Waals surface area contributed by atoms with E-state index in [4.69, 9.17) is 5.11 Å². The molecule has 0 rings (SSSR count). The Labute approximate surface area is 70.9 Å². The van der Waals surface area contributed by atoms with Crippen LogP contribution in [0.1, 0.15) is 13.3 Å². The molecule has 0 aromatic carbocycles. The van der Waals surface area contributed by atoms with Crippen molar-refractivity contribution < 1.29 is 9.90 Å². The third-order valence-electron chi connectivity index (χ3n) is 0.729. The molecule has 0 fully saturated rings. The molecular formula is C5H9NaO2. The van der Waals surface area contributed by atoms with Crippen molar-refractivity contribution in [3.05, 3.63) is 12.2 Å². The molecule has 0 amide bonds. The van der Waals surface area contributed by atoms with Gasteiger partial charge in [0.25, 0.3) is 0 Å². The van der Waals surface area contributed by atoms with E-state index in [1.165, 1.54) is 0 Å². The van der Waals surface area contributed by atoms with E-state index in [1.807, 2.05) is 0 Å². The summed E-state index contributed by atoms with van der Waals surface area (Å²) in [5.41, 5.74) is 0.264. The molecule has 0 heterocycles. The first-order chi connectivity index (χ1) is 3.18. The van der Waals surface area contributed by atoms with Crippen molar-refractivity contribution in [2.45, 2.75) is 13.3 Å². The quantitative estimate of drug-likeness (QED) is 0.427. The first kappa shape index (κ1) is 11.1. The van der Waals surface area contributed by atoms with Crippen LogP contribution in [-0.4, -0.2) is 40.6 Å². The molecule has 0 saturated heterocycles. The average Bonchev–Trinajstić information content (AvgIpc) is 1.65. The zero-order chi connectivity index (χ0) is 5.86. The molecule has 0 bridgehead atoms. The standard InChI is InChI=1S/C5H8O2.Na.H/c1-3-4(2)5(6)7;;/h2-3H2,1H3,(H,6,7);;. The average molecular weight is 124 g/mol. The number of rotatable bonds is 2. The molecule has 0 saturated carbocycles. The van der Waals surface area contributed by atoms with Crippen molar-refractivity contribution in [1.82, 2.24) is 0 Å². The molecule has 0 spiro atoms. The molecule has 0 aliphatic heterocycles. The van der Waals surface area contributed by atoms with Gasteiger partial charge in [0.15, 0.2) is 0 Å². The summed E-state index contributed by atoms with van der Waals surface area (Å²) in [6.45, 7) is 5.03. The summed E-state index contributed by atoms with van der Waals surface area (Å²) >= 11 is 0. The summed E-state index contributed by atoms with van der Waals surface area (Å²) in [7, 11) is 0. The van der Waals surface area contributed by atoms with Crippen LogP contribution < -0.4 is 0 Å². The van der Waals surface area contributed by atoms with Crippen LogP contribution in [0.2, 0.25) is 0 Å². The van der Waals surface area contributed by atoms with Gasteiger partial charge in [-0.2, -0.15) is 0 Å². The second-order valence-electron chi connectivity index (χ2n) is 1.26. The molecular weight excluding hydrogens is 115 g/mol. The SMILES string of the molecule is C=C(CC)C(=O)O.[NaH]. The van der Waals surface area contributed by atoms with Crippen molar-refractivity contribution in [2.24, 2.45) is 0 Å². The Morgan fingerprint density at radius 1 is 1.75 bits per heavy atom. The maximum absolute atomic E-state index is 9.83. The Morgan fingerprint density at radius 2 is 2.12 bits per heavy atom. The first-order valence-electron chi connectivity index (χ1n) is 2.09. The van der Waals surface area contributed by atoms with E-state index in [2.05, 4.69) is 6.58 Å². The molecule has 0 aromatic heterocycles. The number of hydrogen-bond acceptors (Lipinski definition) is 1. The third kappa shape index (κ3) is 4.37. The van der Waals surface area contributed by atoms with Crippen molar-refractivity contribution in [1.29, 1.82) is 0 Å². The van der Waals surface area contributed by atoms with E-state index >= 15 is 0 Å². The molecule has 0 aliphatic rings. The van der Waals surface area contributed by atoms with Crippen LogP contribution in [0.4, 0.5) is 0 Å². The minimum atomic E-state index is -0.900. The van der Waals surface area contributed by atoms with Crippen LogP contribution in [0.25, 0.3) is 0 Å². The number of carboxylic acid groups (broad SMARTS) is 1. The van der Waals surface area contributed by atoms with Gasteiger partial charge in [-0.05, 0) is 6.42 Å². The van der Waals surface area contributed by atoms with Gasteiger partial charge in [-0.25, -0.2) is 4.79 Å². The second-order valence-corrected chi connectivity index (χ2v) is 1.26. The Morgan fingerprint density at radius 3 is 2.12 bits per heavy atom. The maximum atomic E-state index is 9.83. The topological polar surface area (TPSA) is 37.3 Å². The fourth-order valence-corrected chi connectivity index (χ4v) is 0.151. The Bertz CT molecular complexity index is 98.6. The fraction of sp³-hybridized carbons (Fsp3) is 0.400. The fourth-order valence-electron chi connectivity index (χ4n) is 0.151. The number of carbonyl (C=O) groups is 1. The first-order valence-corrected chi connectivity index (χ1v) is 2.09. The summed E-state index contributed by atoms with van der Waals surface area (Å²) in [5.74, 6) is -0.900. The summed E-state index contributed by atoms with van der Waals surface area (Å²) in [6, 6.07) is 0. The normalized spacial score (nSPS) is 7.12. The second kappa shape index (κ2) is 5.35. The van der Waals surface area contributed by atoms with E-state index in [9.17, 15) is 4.79 Å². The van der Waals surface area contributed by atoms with E-state index in [0.717, 1.165) is 0 Å². The zero-order valence-electron chi connectivity index (χ0n) is 4.27. The van der Waals surface area contributed by atoms with Gasteiger partial charge < -0.3 is 5.11 Å². The molecule has 0 aliphatic carbocycles. The van der Waals surface area contributed by atoms with Crippen molar-refractivity contribution in [3.8, 4) is 0 Å². The van der Waals surface area contributed by atoms with Gasteiger partial charge in [0.2, 0.25) is 0 Å². The Balaban J connectivity index is 0. The van der Waals surface area contributed by atoms with Gasteiger partial charge in [-0.1, -0.05) is 13.5 Å². The van der Waals surface area contributed by atoms with Gasteiger partial charge in [0, 0.05) is 5.57 Å². The van der Waals surface area contributed by atoms with Crippen LogP contribution in [0, 0.1) is 0 Å². The predicted molar refractivity (Wildman–Crippen MR) is 34.2 cm³/mol. The summed E-state index contributed by atoms with van der Waals surface area (Å²) in [4.78, 5) is 9.83. The molecule has 3 heteroatoms. The van der Waals surface area contributed by atoms with E-state index in [1.54, 1.807) is 6.92 Å². The molecule has 1 N–H and O–H groups in total. The number of hydrogen-bond donors (Lipinski definition) is 1. The Hall–Kier alpha value is 0.210. The summed E-state index contributed by atoms with van der Waals surface area (Å²) in [6.07, 6.45) is 0.523. The predicted octanol–water partition coefficient (Wildman–Crippen LogP) is 0.389. The van der Waals surface area contributed by atoms with Gasteiger partial charge in [0.05, 0.1) is 0 Å². The van der Waals surface area contributed by atoms with Crippen molar-refractivity contribution in [2.75, 3.05) is 0 Å². The van der Waals surface area contributed by atoms with Gasteiger partial charge in [0.1, 0.15) is 0 Å². The minimum absolute atomic E-state index is 0. The summed E-state index contributed by atoms with van der Waals surface area (Å²) < 4.78 is 0. The molecule has 0 radical (unpaired) electrons. The molecule has 0 unspecified atom stereocenters. The van der Waals surface area contributed by atoms with Crippen LogP contribution >= 0.6 is 0 Å². The van der Waals surface area contributed by atoms with E-state index < -0.39 is 5.97 Å². The van der Waals surface area contributed by atoms with Gasteiger partial charge in [-0.3, -0.25) is 0 Å². The van der Waals surface area contributed by atoms with Crippen molar-refractivity contribution >= 4 is 35.5 Å². The van der Waals surface area contributed by atoms with Gasteiger partial charge >= 0.3 is 35.5 Å². The molecule has 0 aromatic rings. The van der Waals surface area contributed by atoms with Crippen LogP contribution in [0.5, 0.6) is 0 Å². The third-order valence-corrected chi connectivity index (χ3v) is 0.729. The molecule has 8 heavy (non-hydrogen) atoms. The summed E-state index contributed by atoms with van der Waals surface area (Å²) in [5, 5.41) is 8.08. The van der Waals surface area contributed by atoms with E-state index in [-0.39, 0.29) is 35.1 Å². The number of aliphatic carboxylic acids is 1. The van der Waals surface area contributed by atoms with E-state index in [0.29, 0.717) is 6.42 Å². The van der Waals surface area contributed by atoms with Crippen molar-refractivity contribution in [3.63, 3.8) is 0 Å². The van der Waals surface area contributed by atoms with Crippen LogP contribution in [0.3, 0.4) is 0 Å². The van der Waals surface area contributed by atoms with Gasteiger partial charge in [-0.15, -0.1) is 0 Å². The zero-order valence-corrected chi connectivity index (χ0v) is 4.27. The molecule has 0 atom stereocenters. The van der Waals surface area contributed by atoms with Crippen LogP contribution in [-0.2, 0) is 4.79 Å². The molecule has 42 valence electrons. The Kier molecular flexibility index (Phi) is 7.40. The number of carboxylic acids is 1. The van der Waals surface area contributed by atoms with Crippen LogP contribution in [0.15, 0.2) is 12.2 Å². The monoisotopic (exact) mass is 124 g/mol. The molecule has 2 nitrogen and oxygen atoms in total.